The van der Waals surface area contributed by atoms with E-state index in [9.17, 15) is 4.79 Å². The normalized spacial score (nSPS) is 12.1. The van der Waals surface area contributed by atoms with Crippen molar-refractivity contribution in [3.63, 3.8) is 0 Å². The number of thioether (sulfide) groups is 1. The second-order valence-corrected chi connectivity index (χ2v) is 8.67. The maximum absolute atomic E-state index is 12.9. The van der Waals surface area contributed by atoms with Crippen LogP contribution >= 0.6 is 11.8 Å². The Hall–Kier alpha value is -3.32. The van der Waals surface area contributed by atoms with Gasteiger partial charge in [0.25, 0.3) is 0 Å². The van der Waals surface area contributed by atoms with Crippen molar-refractivity contribution in [3.8, 4) is 11.4 Å². The van der Waals surface area contributed by atoms with Crippen molar-refractivity contribution >= 4 is 28.6 Å². The molecule has 32 heavy (non-hydrogen) atoms. The van der Waals surface area contributed by atoms with Gasteiger partial charge in [0.1, 0.15) is 11.3 Å². The van der Waals surface area contributed by atoms with Crippen molar-refractivity contribution in [2.45, 2.75) is 31.6 Å². The van der Waals surface area contributed by atoms with Crippen LogP contribution in [0.4, 0.5) is 0 Å². The molecular weight excluding hydrogens is 420 g/mol. The number of allylic oxidation sites excluding steroid dienone is 1. The summed E-state index contributed by atoms with van der Waals surface area (Å²) in [6.07, 6.45) is 1.81. The van der Waals surface area contributed by atoms with Crippen molar-refractivity contribution in [2.24, 2.45) is 0 Å². The number of aromatic nitrogens is 3. The van der Waals surface area contributed by atoms with E-state index >= 15 is 0 Å². The SMILES string of the molecule is C=CCn1c(SCC(=O)N(C)C(C)c2cc3ccccc3o2)nnc1-c1cccc(C)c1. The third-order valence-electron chi connectivity index (χ3n) is 5.46. The van der Waals surface area contributed by atoms with Gasteiger partial charge in [-0.2, -0.15) is 0 Å². The number of para-hydroxylation sites is 1. The molecule has 164 valence electrons. The number of hydrogen-bond donors (Lipinski definition) is 0. The fourth-order valence-corrected chi connectivity index (χ4v) is 4.40. The lowest BCUT2D eigenvalue weighted by molar-refractivity contribution is -0.129. The Kier molecular flexibility index (Phi) is 6.46. The van der Waals surface area contributed by atoms with Crippen LogP contribution < -0.4 is 0 Å². The fraction of sp³-hybridized carbons (Fsp3) is 0.240. The molecule has 7 heteroatoms. The average Bonchev–Trinajstić information content (AvgIpc) is 3.41. The number of furan rings is 1. The maximum Gasteiger partial charge on any atom is 0.233 e. The van der Waals surface area contributed by atoms with Gasteiger partial charge in [0.05, 0.1) is 11.8 Å². The van der Waals surface area contributed by atoms with Crippen LogP contribution in [0, 0.1) is 6.92 Å². The minimum absolute atomic E-state index is 0.00628. The first-order valence-electron chi connectivity index (χ1n) is 10.5. The molecule has 0 aliphatic rings. The van der Waals surface area contributed by atoms with Gasteiger partial charge in [-0.3, -0.25) is 9.36 Å². The van der Waals surface area contributed by atoms with Crippen LogP contribution in [0.5, 0.6) is 0 Å². The quantitative estimate of drug-likeness (QED) is 0.264. The lowest BCUT2D eigenvalue weighted by atomic mass is 10.1. The smallest absolute Gasteiger partial charge is 0.233 e. The average molecular weight is 447 g/mol. The topological polar surface area (TPSA) is 64.2 Å². The van der Waals surface area contributed by atoms with E-state index in [1.807, 2.05) is 73.0 Å². The summed E-state index contributed by atoms with van der Waals surface area (Å²) in [4.78, 5) is 14.6. The number of carbonyl (C=O) groups is 1. The molecule has 1 atom stereocenters. The number of fused-ring (bicyclic) bond motifs is 1. The van der Waals surface area contributed by atoms with Crippen LogP contribution in [-0.2, 0) is 11.3 Å². The molecule has 0 saturated heterocycles. The van der Waals surface area contributed by atoms with Crippen LogP contribution in [0.25, 0.3) is 22.4 Å². The highest BCUT2D eigenvalue weighted by Gasteiger charge is 2.22. The van der Waals surface area contributed by atoms with E-state index in [2.05, 4.69) is 22.8 Å². The number of benzene rings is 2. The van der Waals surface area contributed by atoms with Gasteiger partial charge in [0.2, 0.25) is 5.91 Å². The molecule has 2 aromatic heterocycles. The van der Waals surface area contributed by atoms with Gasteiger partial charge >= 0.3 is 0 Å². The number of hydrogen-bond acceptors (Lipinski definition) is 5. The van der Waals surface area contributed by atoms with Gasteiger partial charge in [-0.1, -0.05) is 59.8 Å². The van der Waals surface area contributed by atoms with Gasteiger partial charge in [-0.05, 0) is 32.0 Å². The lowest BCUT2D eigenvalue weighted by Gasteiger charge is -2.23. The monoisotopic (exact) mass is 446 g/mol. The van der Waals surface area contributed by atoms with Crippen LogP contribution in [0.2, 0.25) is 0 Å². The third-order valence-corrected chi connectivity index (χ3v) is 6.41. The van der Waals surface area contributed by atoms with Crippen molar-refractivity contribution in [1.29, 1.82) is 0 Å². The van der Waals surface area contributed by atoms with E-state index in [1.54, 1.807) is 11.9 Å². The third kappa shape index (κ3) is 4.48. The zero-order valence-corrected chi connectivity index (χ0v) is 19.3. The van der Waals surface area contributed by atoms with Crippen LogP contribution in [0.15, 0.2) is 76.8 Å². The molecule has 4 rings (SSSR count). The van der Waals surface area contributed by atoms with Crippen molar-refractivity contribution < 1.29 is 9.21 Å². The van der Waals surface area contributed by atoms with E-state index in [-0.39, 0.29) is 17.7 Å². The number of carbonyl (C=O) groups excluding carboxylic acids is 1. The Labute approximate surface area is 191 Å². The summed E-state index contributed by atoms with van der Waals surface area (Å²) < 4.78 is 7.93. The Morgan fingerprint density at radius 3 is 2.78 bits per heavy atom. The molecule has 0 saturated carbocycles. The first-order valence-corrected chi connectivity index (χ1v) is 11.4. The summed E-state index contributed by atoms with van der Waals surface area (Å²) in [5.41, 5.74) is 2.97. The van der Waals surface area contributed by atoms with Gasteiger partial charge in [-0.15, -0.1) is 16.8 Å². The second-order valence-electron chi connectivity index (χ2n) is 7.73. The Morgan fingerprint density at radius 2 is 2.03 bits per heavy atom. The Bertz CT molecular complexity index is 1230. The number of amides is 1. The Balaban J connectivity index is 1.47. The number of aryl methyl sites for hydroxylation is 1. The molecule has 4 aromatic rings. The zero-order chi connectivity index (χ0) is 22.7. The van der Waals surface area contributed by atoms with Crippen LogP contribution in [0.1, 0.15) is 24.3 Å². The molecule has 6 nitrogen and oxygen atoms in total. The lowest BCUT2D eigenvalue weighted by Crippen LogP contribution is -2.31. The summed E-state index contributed by atoms with van der Waals surface area (Å²) in [6.45, 7) is 8.44. The zero-order valence-electron chi connectivity index (χ0n) is 18.5. The van der Waals surface area contributed by atoms with Crippen molar-refractivity contribution in [2.75, 3.05) is 12.8 Å². The molecule has 2 heterocycles. The predicted molar refractivity (Wildman–Crippen MR) is 129 cm³/mol. The molecule has 0 bridgehead atoms. The molecule has 2 aromatic carbocycles. The number of nitrogens with zero attached hydrogens (tertiary/aromatic N) is 4. The van der Waals surface area contributed by atoms with Gasteiger partial charge in [-0.25, -0.2) is 0 Å². The minimum atomic E-state index is -0.176. The van der Waals surface area contributed by atoms with Gasteiger partial charge < -0.3 is 9.32 Å². The molecule has 0 N–H and O–H groups in total. The van der Waals surface area contributed by atoms with E-state index in [0.717, 1.165) is 33.7 Å². The second kappa shape index (κ2) is 9.44. The molecule has 0 aliphatic heterocycles. The molecule has 0 fully saturated rings. The van der Waals surface area contributed by atoms with Crippen LogP contribution in [0.3, 0.4) is 0 Å². The molecule has 0 spiro atoms. The molecule has 0 aliphatic carbocycles. The van der Waals surface area contributed by atoms with E-state index in [4.69, 9.17) is 4.42 Å². The molecule has 1 unspecified atom stereocenters. The Morgan fingerprint density at radius 1 is 1.22 bits per heavy atom. The van der Waals surface area contributed by atoms with Gasteiger partial charge in [0.15, 0.2) is 11.0 Å². The van der Waals surface area contributed by atoms with E-state index in [0.29, 0.717) is 11.7 Å². The molecule has 0 radical (unpaired) electrons. The fourth-order valence-electron chi connectivity index (χ4n) is 3.53. The first-order chi connectivity index (χ1) is 15.5. The van der Waals surface area contributed by atoms with E-state index in [1.165, 1.54) is 11.8 Å². The summed E-state index contributed by atoms with van der Waals surface area (Å²) in [5, 5.41) is 10.5. The highest BCUT2D eigenvalue weighted by atomic mass is 32.2. The summed E-state index contributed by atoms with van der Waals surface area (Å²) in [7, 11) is 1.80. The minimum Gasteiger partial charge on any atom is -0.459 e. The highest BCUT2D eigenvalue weighted by molar-refractivity contribution is 7.99. The van der Waals surface area contributed by atoms with Crippen LogP contribution in [-0.4, -0.2) is 38.4 Å². The summed E-state index contributed by atoms with van der Waals surface area (Å²) in [6, 6.07) is 17.8. The van der Waals surface area contributed by atoms with E-state index < -0.39 is 0 Å². The number of rotatable bonds is 8. The first kappa shape index (κ1) is 21.9. The summed E-state index contributed by atoms with van der Waals surface area (Å²) in [5.74, 6) is 1.79. The molecule has 1 amide bonds. The van der Waals surface area contributed by atoms with Gasteiger partial charge in [0, 0.05) is 24.5 Å². The molecular formula is C25H26N4O2S. The highest BCUT2D eigenvalue weighted by Crippen LogP contribution is 2.28. The standard InChI is InChI=1S/C25H26N4O2S/c1-5-13-29-24(20-11-8-9-17(2)14-20)26-27-25(29)32-16-23(30)28(4)18(3)22-15-19-10-6-7-12-21(19)31-22/h5-12,14-15,18H,1,13,16H2,2-4H3. The largest absolute Gasteiger partial charge is 0.459 e. The maximum atomic E-state index is 12.9. The van der Waals surface area contributed by atoms with Crippen molar-refractivity contribution in [1.82, 2.24) is 19.7 Å². The van der Waals surface area contributed by atoms with Crippen molar-refractivity contribution in [3.05, 3.63) is 78.6 Å². The summed E-state index contributed by atoms with van der Waals surface area (Å²) >= 11 is 1.38. The predicted octanol–water partition coefficient (Wildman–Crippen LogP) is 5.50.